The van der Waals surface area contributed by atoms with E-state index in [1.165, 1.54) is 17.8 Å². The summed E-state index contributed by atoms with van der Waals surface area (Å²) in [4.78, 5) is 40.4. The van der Waals surface area contributed by atoms with Crippen molar-refractivity contribution in [2.24, 2.45) is 0 Å². The summed E-state index contributed by atoms with van der Waals surface area (Å²) in [6, 6.07) is 5.75. The van der Waals surface area contributed by atoms with Gasteiger partial charge in [0.25, 0.3) is 5.91 Å². The first-order valence-electron chi connectivity index (χ1n) is 9.00. The molecule has 1 aromatic heterocycles. The molecular formula is C18H16F2N4O6S. The number of hydrogen-bond acceptors (Lipinski definition) is 8. The van der Waals surface area contributed by atoms with E-state index in [-0.39, 0.29) is 23.0 Å². The van der Waals surface area contributed by atoms with Gasteiger partial charge in [-0.1, -0.05) is 0 Å². The maximum atomic E-state index is 14.2. The quantitative estimate of drug-likeness (QED) is 0.521. The fourth-order valence-corrected chi connectivity index (χ4v) is 4.03. The van der Waals surface area contributed by atoms with E-state index >= 15 is 0 Å². The normalized spacial score (nSPS) is 24.4. The van der Waals surface area contributed by atoms with Crippen molar-refractivity contribution < 1.29 is 33.3 Å². The van der Waals surface area contributed by atoms with Crippen LogP contribution < -0.4 is 16.3 Å². The van der Waals surface area contributed by atoms with Gasteiger partial charge in [0.05, 0.1) is 18.0 Å². The second kappa shape index (κ2) is 8.00. The first-order chi connectivity index (χ1) is 14.7. The third-order valence-corrected chi connectivity index (χ3v) is 5.82. The van der Waals surface area contributed by atoms with Crippen molar-refractivity contribution in [2.45, 2.75) is 29.3 Å². The highest BCUT2D eigenvalue weighted by Crippen LogP contribution is 2.42. The lowest BCUT2D eigenvalue weighted by Gasteiger charge is -2.21. The van der Waals surface area contributed by atoms with Gasteiger partial charge in [-0.05, 0) is 24.3 Å². The summed E-state index contributed by atoms with van der Waals surface area (Å²) in [6.45, 7) is -0.855. The minimum Gasteiger partial charge on any atom is -0.394 e. The number of carbonyl (C=O) groups excluding carboxylic acids is 2. The van der Waals surface area contributed by atoms with Gasteiger partial charge in [0.15, 0.2) is 6.10 Å². The molecule has 0 saturated carbocycles. The molecule has 4 rings (SSSR count). The average Bonchev–Trinajstić information content (AvgIpc) is 2.96. The van der Waals surface area contributed by atoms with Crippen molar-refractivity contribution in [2.75, 3.05) is 23.0 Å². The van der Waals surface area contributed by atoms with Crippen LogP contribution in [0.4, 0.5) is 20.3 Å². The van der Waals surface area contributed by atoms with Gasteiger partial charge in [-0.2, -0.15) is 13.8 Å². The van der Waals surface area contributed by atoms with Crippen LogP contribution in [0.1, 0.15) is 16.6 Å². The average molecular weight is 454 g/mol. The van der Waals surface area contributed by atoms with Crippen LogP contribution in [-0.2, 0) is 9.53 Å². The Bertz CT molecular complexity index is 1110. The highest BCUT2D eigenvalue weighted by molar-refractivity contribution is 8.00. The number of amides is 2. The van der Waals surface area contributed by atoms with Gasteiger partial charge in [0, 0.05) is 16.7 Å². The number of nitrogens with one attached hydrogen (secondary N) is 2. The topological polar surface area (TPSA) is 143 Å². The van der Waals surface area contributed by atoms with Gasteiger partial charge in [-0.3, -0.25) is 14.2 Å². The summed E-state index contributed by atoms with van der Waals surface area (Å²) in [7, 11) is 0. The van der Waals surface area contributed by atoms with Crippen LogP contribution in [-0.4, -0.2) is 62.1 Å². The number of aliphatic hydroxyl groups is 2. The minimum absolute atomic E-state index is 0.144. The Hall–Kier alpha value is -2.87. The zero-order valence-corrected chi connectivity index (χ0v) is 16.4. The minimum atomic E-state index is -3.83. The van der Waals surface area contributed by atoms with E-state index in [4.69, 9.17) is 9.84 Å². The maximum Gasteiger partial charge on any atom is 0.351 e. The summed E-state index contributed by atoms with van der Waals surface area (Å²) in [5.41, 5.74) is -0.315. The number of carbonyl (C=O) groups is 2. The Morgan fingerprint density at radius 2 is 2.16 bits per heavy atom. The van der Waals surface area contributed by atoms with Crippen molar-refractivity contribution in [1.29, 1.82) is 0 Å². The van der Waals surface area contributed by atoms with Gasteiger partial charge in [-0.25, -0.2) is 4.79 Å². The lowest BCUT2D eigenvalue weighted by molar-refractivity contribution is -0.140. The molecule has 164 valence electrons. The van der Waals surface area contributed by atoms with E-state index in [1.54, 1.807) is 12.1 Å². The molecule has 1 saturated heterocycles. The number of halogens is 2. The van der Waals surface area contributed by atoms with Crippen LogP contribution in [0.3, 0.4) is 0 Å². The third kappa shape index (κ3) is 3.92. The molecule has 2 amide bonds. The van der Waals surface area contributed by atoms with Gasteiger partial charge >= 0.3 is 11.6 Å². The van der Waals surface area contributed by atoms with E-state index in [2.05, 4.69) is 15.6 Å². The zero-order chi connectivity index (χ0) is 22.3. The number of aromatic nitrogens is 2. The summed E-state index contributed by atoms with van der Waals surface area (Å²) >= 11 is 1.27. The van der Waals surface area contributed by atoms with Crippen LogP contribution in [0.2, 0.25) is 0 Å². The summed E-state index contributed by atoms with van der Waals surface area (Å²) < 4.78 is 33.8. The monoisotopic (exact) mass is 454 g/mol. The Labute approximate surface area is 177 Å². The van der Waals surface area contributed by atoms with Gasteiger partial charge in [0.1, 0.15) is 11.9 Å². The Morgan fingerprint density at radius 1 is 1.39 bits per heavy atom. The molecule has 1 unspecified atom stereocenters. The third-order valence-electron chi connectivity index (χ3n) is 4.76. The molecule has 31 heavy (non-hydrogen) atoms. The molecule has 0 radical (unpaired) electrons. The van der Waals surface area contributed by atoms with Crippen molar-refractivity contribution in [1.82, 2.24) is 9.55 Å². The number of thioether (sulfide) groups is 1. The standard InChI is InChI=1S/C18H16F2N4O6S/c19-18(20)14(27)10(6-25)30-16(18)24-4-3-12(23-17(24)29)22-15(28)8-1-2-9-11(5-8)31-7-13(26)21-9/h1-5,10,14,16,25,27H,6-7H2,(H,21,26)(H,22,23,28,29)/t10-,14-,16?/m1/s1. The number of nitrogens with zero attached hydrogens (tertiary/aromatic N) is 2. The fourth-order valence-electron chi connectivity index (χ4n) is 3.18. The fraction of sp³-hybridized carbons (Fsp3) is 0.333. The highest BCUT2D eigenvalue weighted by Gasteiger charge is 2.59. The molecule has 1 fully saturated rings. The number of ether oxygens (including phenoxy) is 1. The smallest absolute Gasteiger partial charge is 0.351 e. The largest absolute Gasteiger partial charge is 0.394 e. The molecule has 3 atom stereocenters. The number of hydrogen-bond donors (Lipinski definition) is 4. The highest BCUT2D eigenvalue weighted by atomic mass is 32.2. The molecule has 1 aromatic carbocycles. The number of aliphatic hydroxyl groups excluding tert-OH is 2. The molecule has 13 heteroatoms. The van der Waals surface area contributed by atoms with Crippen molar-refractivity contribution in [3.8, 4) is 0 Å². The first kappa shape index (κ1) is 21.4. The maximum absolute atomic E-state index is 14.2. The summed E-state index contributed by atoms with van der Waals surface area (Å²) in [5.74, 6) is -4.53. The van der Waals surface area contributed by atoms with E-state index in [0.29, 0.717) is 15.1 Å². The second-order valence-electron chi connectivity index (χ2n) is 6.83. The van der Waals surface area contributed by atoms with Crippen molar-refractivity contribution in [3.05, 3.63) is 46.5 Å². The SMILES string of the molecule is O=C1CSc2cc(C(=O)Nc3ccn(C4O[C@H](CO)[C@@H](O)C4(F)F)c(=O)n3)ccc2N1. The Balaban J connectivity index is 1.52. The molecule has 4 N–H and O–H groups in total. The van der Waals surface area contributed by atoms with E-state index < -0.39 is 42.6 Å². The lowest BCUT2D eigenvalue weighted by Crippen LogP contribution is -2.41. The Morgan fingerprint density at radius 3 is 2.84 bits per heavy atom. The first-order valence-corrected chi connectivity index (χ1v) is 9.98. The van der Waals surface area contributed by atoms with Gasteiger partial charge in [-0.15, -0.1) is 11.8 Å². The summed E-state index contributed by atoms with van der Waals surface area (Å²) in [5, 5.41) is 23.7. The van der Waals surface area contributed by atoms with Crippen LogP contribution in [0.15, 0.2) is 40.2 Å². The van der Waals surface area contributed by atoms with E-state index in [9.17, 15) is 28.3 Å². The number of rotatable bonds is 4. The molecule has 2 aliphatic heterocycles. The molecule has 0 aliphatic carbocycles. The molecule has 0 spiro atoms. The molecule has 0 bridgehead atoms. The molecule has 3 heterocycles. The molecule has 2 aromatic rings. The van der Waals surface area contributed by atoms with E-state index in [1.807, 2.05) is 0 Å². The van der Waals surface area contributed by atoms with Crippen LogP contribution in [0.5, 0.6) is 0 Å². The summed E-state index contributed by atoms with van der Waals surface area (Å²) in [6.07, 6.45) is -5.05. The lowest BCUT2D eigenvalue weighted by atomic mass is 10.1. The van der Waals surface area contributed by atoms with Gasteiger partial charge in [0.2, 0.25) is 12.1 Å². The van der Waals surface area contributed by atoms with Gasteiger partial charge < -0.3 is 25.6 Å². The van der Waals surface area contributed by atoms with Crippen molar-refractivity contribution in [3.63, 3.8) is 0 Å². The molecular weight excluding hydrogens is 438 g/mol. The number of anilines is 2. The van der Waals surface area contributed by atoms with Crippen LogP contribution >= 0.6 is 11.8 Å². The Kier molecular flexibility index (Phi) is 5.51. The number of alkyl halides is 2. The van der Waals surface area contributed by atoms with Crippen molar-refractivity contribution >= 4 is 35.1 Å². The number of benzene rings is 1. The van der Waals surface area contributed by atoms with Crippen LogP contribution in [0.25, 0.3) is 0 Å². The van der Waals surface area contributed by atoms with E-state index in [0.717, 1.165) is 12.3 Å². The zero-order valence-electron chi connectivity index (χ0n) is 15.6. The second-order valence-corrected chi connectivity index (χ2v) is 7.85. The molecule has 10 nitrogen and oxygen atoms in total. The number of fused-ring (bicyclic) bond motifs is 1. The van der Waals surface area contributed by atoms with Crippen LogP contribution in [0, 0.1) is 0 Å². The predicted molar refractivity (Wildman–Crippen MR) is 104 cm³/mol. The molecule has 2 aliphatic rings. The predicted octanol–water partition coefficient (Wildman–Crippen LogP) is 0.426.